The minimum Gasteiger partial charge on any atom is -0.325 e. The lowest BCUT2D eigenvalue weighted by molar-refractivity contribution is -0.385. The van der Waals surface area contributed by atoms with Crippen molar-refractivity contribution in [2.75, 3.05) is 5.32 Å². The number of anilines is 1. The second kappa shape index (κ2) is 7.40. The number of thiazole rings is 1. The summed E-state index contributed by atoms with van der Waals surface area (Å²) in [5, 5.41) is 14.0. The summed E-state index contributed by atoms with van der Waals surface area (Å²) in [5.74, 6) is -0.655. The standard InChI is InChI=1S/C14H12F3N3O3S2/c1-7-6-24-13(18-7)25-8(2)12(21)19-11-4-3-9(20(22)23)5-10(11)14(15,16)17/h3-6,8H,1-2H3,(H,19,21)/t8-/m0/s1. The molecule has 2 rings (SSSR count). The van der Waals surface area contributed by atoms with Gasteiger partial charge in [-0.1, -0.05) is 11.8 Å². The zero-order valence-corrected chi connectivity index (χ0v) is 14.6. The molecule has 0 bridgehead atoms. The van der Waals surface area contributed by atoms with E-state index in [1.54, 1.807) is 12.3 Å². The van der Waals surface area contributed by atoms with Crippen LogP contribution in [0.1, 0.15) is 18.2 Å². The van der Waals surface area contributed by atoms with Gasteiger partial charge in [-0.3, -0.25) is 14.9 Å². The van der Waals surface area contributed by atoms with E-state index < -0.39 is 39.2 Å². The Morgan fingerprint density at radius 1 is 1.44 bits per heavy atom. The summed E-state index contributed by atoms with van der Waals surface area (Å²) in [7, 11) is 0. The Hall–Kier alpha value is -2.14. The van der Waals surface area contributed by atoms with Crippen molar-refractivity contribution < 1.29 is 22.9 Å². The predicted octanol–water partition coefficient (Wildman–Crippen LogP) is 4.50. The minimum atomic E-state index is -4.84. The lowest BCUT2D eigenvalue weighted by atomic mass is 10.1. The first-order chi connectivity index (χ1) is 11.6. The third-order valence-corrected chi connectivity index (χ3v) is 5.21. The fourth-order valence-corrected chi connectivity index (χ4v) is 3.80. The van der Waals surface area contributed by atoms with E-state index in [9.17, 15) is 28.1 Å². The number of thioether (sulfide) groups is 1. The Bertz CT molecular complexity index is 808. The number of nitro groups is 1. The van der Waals surface area contributed by atoms with Gasteiger partial charge in [0.15, 0.2) is 4.34 Å². The van der Waals surface area contributed by atoms with Crippen LogP contribution < -0.4 is 5.32 Å². The number of carbonyl (C=O) groups excluding carboxylic acids is 1. The molecule has 0 fully saturated rings. The summed E-state index contributed by atoms with van der Waals surface area (Å²) in [6.45, 7) is 3.33. The molecule has 1 atom stereocenters. The predicted molar refractivity (Wildman–Crippen MR) is 88.9 cm³/mol. The number of benzene rings is 1. The van der Waals surface area contributed by atoms with Gasteiger partial charge < -0.3 is 5.32 Å². The zero-order valence-electron chi connectivity index (χ0n) is 13.0. The zero-order chi connectivity index (χ0) is 18.8. The molecule has 1 N–H and O–H groups in total. The van der Waals surface area contributed by atoms with Crippen LogP contribution in [-0.2, 0) is 11.0 Å². The van der Waals surface area contributed by atoms with Gasteiger partial charge in [-0.05, 0) is 19.9 Å². The Balaban J connectivity index is 2.20. The van der Waals surface area contributed by atoms with Crippen LogP contribution in [0.15, 0.2) is 27.9 Å². The second-order valence-corrected chi connectivity index (χ2v) is 7.43. The molecule has 0 radical (unpaired) electrons. The number of amides is 1. The quantitative estimate of drug-likeness (QED) is 0.461. The van der Waals surface area contributed by atoms with Crippen LogP contribution in [0.2, 0.25) is 0 Å². The molecular weight excluding hydrogens is 379 g/mol. The topological polar surface area (TPSA) is 85.1 Å². The molecular formula is C14H12F3N3O3S2. The summed E-state index contributed by atoms with van der Waals surface area (Å²) in [6.07, 6.45) is -4.84. The number of alkyl halides is 3. The first-order valence-corrected chi connectivity index (χ1v) is 8.59. The highest BCUT2D eigenvalue weighted by molar-refractivity contribution is 8.02. The number of non-ortho nitro benzene ring substituents is 1. The van der Waals surface area contributed by atoms with Gasteiger partial charge in [0.25, 0.3) is 5.69 Å². The first-order valence-electron chi connectivity index (χ1n) is 6.83. The van der Waals surface area contributed by atoms with Crippen LogP contribution in [0.25, 0.3) is 0 Å². The molecule has 11 heteroatoms. The van der Waals surface area contributed by atoms with Crippen LogP contribution in [-0.4, -0.2) is 21.1 Å². The van der Waals surface area contributed by atoms with Gasteiger partial charge in [-0.15, -0.1) is 11.3 Å². The Kier molecular flexibility index (Phi) is 5.68. The summed E-state index contributed by atoms with van der Waals surface area (Å²) in [5.41, 5.74) is -1.70. The number of aryl methyl sites for hydroxylation is 1. The third kappa shape index (κ3) is 4.92. The van der Waals surface area contributed by atoms with Gasteiger partial charge in [0.1, 0.15) is 0 Å². The molecule has 0 spiro atoms. The maximum atomic E-state index is 13.1. The highest BCUT2D eigenvalue weighted by Gasteiger charge is 2.36. The van der Waals surface area contributed by atoms with Crippen molar-refractivity contribution in [1.82, 2.24) is 4.98 Å². The fraction of sp³-hybridized carbons (Fsp3) is 0.286. The normalized spacial score (nSPS) is 12.7. The van der Waals surface area contributed by atoms with Crippen LogP contribution in [0, 0.1) is 17.0 Å². The molecule has 1 heterocycles. The molecule has 1 amide bonds. The number of hydrogen-bond donors (Lipinski definition) is 1. The number of carbonyl (C=O) groups is 1. The lowest BCUT2D eigenvalue weighted by Gasteiger charge is -2.15. The minimum absolute atomic E-state index is 0.400. The molecule has 0 aliphatic carbocycles. The maximum Gasteiger partial charge on any atom is 0.418 e. The van der Waals surface area contributed by atoms with Crippen molar-refractivity contribution in [2.45, 2.75) is 29.6 Å². The van der Waals surface area contributed by atoms with Gasteiger partial charge in [0.2, 0.25) is 5.91 Å². The number of rotatable bonds is 5. The van der Waals surface area contributed by atoms with E-state index in [1.165, 1.54) is 18.3 Å². The monoisotopic (exact) mass is 391 g/mol. The number of nitrogens with zero attached hydrogens (tertiary/aromatic N) is 2. The van der Waals surface area contributed by atoms with Crippen molar-refractivity contribution in [2.24, 2.45) is 0 Å². The van der Waals surface area contributed by atoms with Crippen LogP contribution >= 0.6 is 23.1 Å². The van der Waals surface area contributed by atoms with Gasteiger partial charge >= 0.3 is 6.18 Å². The highest BCUT2D eigenvalue weighted by Crippen LogP contribution is 2.37. The number of hydrogen-bond acceptors (Lipinski definition) is 6. The second-order valence-electron chi connectivity index (χ2n) is 4.99. The first kappa shape index (κ1) is 19.2. The van der Waals surface area contributed by atoms with Crippen LogP contribution in [0.4, 0.5) is 24.5 Å². The van der Waals surface area contributed by atoms with E-state index in [0.717, 1.165) is 29.6 Å². The van der Waals surface area contributed by atoms with Crippen LogP contribution in [0.3, 0.4) is 0 Å². The Labute approximate surface area is 148 Å². The average molecular weight is 391 g/mol. The van der Waals surface area contributed by atoms with E-state index in [-0.39, 0.29) is 0 Å². The van der Waals surface area contributed by atoms with E-state index in [1.807, 2.05) is 0 Å². The third-order valence-electron chi connectivity index (χ3n) is 3.02. The van der Waals surface area contributed by atoms with Crippen molar-refractivity contribution in [3.8, 4) is 0 Å². The number of aromatic nitrogens is 1. The molecule has 0 saturated carbocycles. The fourth-order valence-electron chi connectivity index (χ4n) is 1.81. The molecule has 6 nitrogen and oxygen atoms in total. The molecule has 134 valence electrons. The molecule has 1 aromatic heterocycles. The number of nitro benzene ring substituents is 1. The smallest absolute Gasteiger partial charge is 0.325 e. The Morgan fingerprint density at radius 3 is 2.64 bits per heavy atom. The van der Waals surface area contributed by atoms with Crippen LogP contribution in [0.5, 0.6) is 0 Å². The van der Waals surface area contributed by atoms with Crippen molar-refractivity contribution in [1.29, 1.82) is 0 Å². The van der Waals surface area contributed by atoms with Gasteiger partial charge in [-0.25, -0.2) is 4.98 Å². The Morgan fingerprint density at radius 2 is 2.12 bits per heavy atom. The molecule has 0 aliphatic rings. The van der Waals surface area contributed by atoms with Gasteiger partial charge in [0, 0.05) is 23.2 Å². The van der Waals surface area contributed by atoms with Crippen molar-refractivity contribution in [3.63, 3.8) is 0 Å². The lowest BCUT2D eigenvalue weighted by Crippen LogP contribution is -2.24. The summed E-state index contributed by atoms with van der Waals surface area (Å²) >= 11 is 2.45. The van der Waals surface area contributed by atoms with Gasteiger partial charge in [-0.2, -0.15) is 13.2 Å². The summed E-state index contributed by atoms with van der Waals surface area (Å²) in [6, 6.07) is 2.19. The molecule has 0 saturated heterocycles. The van der Waals surface area contributed by atoms with E-state index in [2.05, 4.69) is 10.3 Å². The van der Waals surface area contributed by atoms with Gasteiger partial charge in [0.05, 0.1) is 21.4 Å². The van der Waals surface area contributed by atoms with Crippen molar-refractivity contribution >= 4 is 40.4 Å². The maximum absolute atomic E-state index is 13.1. The summed E-state index contributed by atoms with van der Waals surface area (Å²) < 4.78 is 39.9. The average Bonchev–Trinajstić information content (AvgIpc) is 2.91. The molecule has 0 aliphatic heterocycles. The molecule has 25 heavy (non-hydrogen) atoms. The van der Waals surface area contributed by atoms with Crippen molar-refractivity contribution in [3.05, 3.63) is 45.0 Å². The SMILES string of the molecule is Cc1csc(S[C@@H](C)C(=O)Nc2ccc([N+](=O)[O-])cc2C(F)(F)F)n1. The molecule has 1 aromatic carbocycles. The van der Waals surface area contributed by atoms with E-state index in [0.29, 0.717) is 10.4 Å². The summed E-state index contributed by atoms with van der Waals surface area (Å²) in [4.78, 5) is 26.1. The number of halogens is 3. The van der Waals surface area contributed by atoms with E-state index in [4.69, 9.17) is 0 Å². The largest absolute Gasteiger partial charge is 0.418 e. The molecule has 2 aromatic rings. The number of nitrogens with one attached hydrogen (secondary N) is 1. The molecule has 0 unspecified atom stereocenters. The van der Waals surface area contributed by atoms with E-state index >= 15 is 0 Å². The highest BCUT2D eigenvalue weighted by atomic mass is 32.2.